The monoisotopic (exact) mass is 344 g/mol. The maximum atomic E-state index is 12.4. The number of carboxylic acid groups (broad SMARTS) is 1. The molecule has 1 aliphatic heterocycles. The lowest BCUT2D eigenvalue weighted by Crippen LogP contribution is -2.29. The van der Waals surface area contributed by atoms with Gasteiger partial charge in [0, 0.05) is 30.8 Å². The summed E-state index contributed by atoms with van der Waals surface area (Å²) >= 11 is 0. The second kappa shape index (κ2) is 5.98. The number of hydrogen-bond donors (Lipinski definition) is 1. The van der Waals surface area contributed by atoms with Gasteiger partial charge in [-0.1, -0.05) is 5.16 Å². The quantitative estimate of drug-likeness (QED) is 0.911. The van der Waals surface area contributed by atoms with E-state index in [-0.39, 0.29) is 29.9 Å². The Labute approximate surface area is 132 Å². The molecule has 0 unspecified atom stereocenters. The molecule has 1 N–H and O–H groups in total. The molecule has 2 aromatic rings. The Kier molecular flexibility index (Phi) is 3.99. The summed E-state index contributed by atoms with van der Waals surface area (Å²) in [7, 11) is 0. The number of nitrogens with zero attached hydrogens (tertiary/aromatic N) is 4. The number of ether oxygens (including phenoxy) is 1. The summed E-state index contributed by atoms with van der Waals surface area (Å²) in [5.41, 5.74) is 0.236. The molecule has 8 nitrogen and oxygen atoms in total. The number of aromatic nitrogens is 3. The highest BCUT2D eigenvalue weighted by molar-refractivity contribution is 5.65. The van der Waals surface area contributed by atoms with E-state index in [0.717, 1.165) is 0 Å². The fourth-order valence-electron chi connectivity index (χ4n) is 2.21. The topological polar surface area (TPSA) is 102 Å². The van der Waals surface area contributed by atoms with Gasteiger partial charge >= 0.3 is 18.2 Å². The first kappa shape index (κ1) is 16.0. The molecule has 1 amide bonds. The van der Waals surface area contributed by atoms with Crippen molar-refractivity contribution in [3.8, 4) is 17.3 Å². The van der Waals surface area contributed by atoms with Crippen LogP contribution in [0.1, 0.15) is 12.3 Å². The minimum Gasteiger partial charge on any atom is -0.472 e. The summed E-state index contributed by atoms with van der Waals surface area (Å²) in [6, 6.07) is 2.89. The van der Waals surface area contributed by atoms with Crippen LogP contribution in [0.2, 0.25) is 0 Å². The summed E-state index contributed by atoms with van der Waals surface area (Å²) in [5.74, 6) is -1.44. The van der Waals surface area contributed by atoms with Crippen LogP contribution in [0.5, 0.6) is 5.88 Å². The van der Waals surface area contributed by atoms with Crippen LogP contribution in [0.3, 0.4) is 0 Å². The molecule has 1 fully saturated rings. The molecule has 0 bridgehead atoms. The molecule has 24 heavy (non-hydrogen) atoms. The second-order valence-electron chi connectivity index (χ2n) is 5.06. The van der Waals surface area contributed by atoms with E-state index >= 15 is 0 Å². The third-order valence-electron chi connectivity index (χ3n) is 3.37. The smallest absolute Gasteiger partial charge is 0.471 e. The van der Waals surface area contributed by atoms with Crippen molar-refractivity contribution < 1.29 is 32.3 Å². The van der Waals surface area contributed by atoms with Crippen molar-refractivity contribution in [1.82, 2.24) is 20.0 Å². The van der Waals surface area contributed by atoms with Crippen LogP contribution < -0.4 is 4.74 Å². The van der Waals surface area contributed by atoms with Gasteiger partial charge in [-0.3, -0.25) is 0 Å². The predicted octanol–water partition coefficient (Wildman–Crippen LogP) is 2.28. The zero-order chi connectivity index (χ0) is 17.3. The van der Waals surface area contributed by atoms with Crippen molar-refractivity contribution in [2.24, 2.45) is 0 Å². The number of rotatable bonds is 3. The first-order valence-corrected chi connectivity index (χ1v) is 6.85. The van der Waals surface area contributed by atoms with Gasteiger partial charge in [0.25, 0.3) is 0 Å². The molecule has 3 heterocycles. The maximum Gasteiger partial charge on any atom is 0.471 e. The lowest BCUT2D eigenvalue weighted by Gasteiger charge is -2.13. The van der Waals surface area contributed by atoms with Crippen molar-refractivity contribution in [3.63, 3.8) is 0 Å². The van der Waals surface area contributed by atoms with Crippen molar-refractivity contribution in [3.05, 3.63) is 24.2 Å². The first-order chi connectivity index (χ1) is 11.3. The van der Waals surface area contributed by atoms with Gasteiger partial charge in [0.15, 0.2) is 0 Å². The van der Waals surface area contributed by atoms with Crippen LogP contribution in [-0.2, 0) is 6.18 Å². The van der Waals surface area contributed by atoms with Crippen molar-refractivity contribution >= 4 is 6.09 Å². The van der Waals surface area contributed by atoms with Gasteiger partial charge in [0.05, 0.1) is 6.54 Å². The van der Waals surface area contributed by atoms with E-state index < -0.39 is 18.2 Å². The van der Waals surface area contributed by atoms with Crippen LogP contribution in [0.25, 0.3) is 11.4 Å². The molecule has 1 saturated heterocycles. The van der Waals surface area contributed by atoms with Gasteiger partial charge in [-0.2, -0.15) is 18.2 Å². The zero-order valence-electron chi connectivity index (χ0n) is 12.0. The Morgan fingerprint density at radius 2 is 2.21 bits per heavy atom. The average molecular weight is 344 g/mol. The molecule has 3 rings (SSSR count). The summed E-state index contributed by atoms with van der Waals surface area (Å²) in [5, 5.41) is 12.1. The third kappa shape index (κ3) is 3.39. The largest absolute Gasteiger partial charge is 0.472 e. The average Bonchev–Trinajstić information content (AvgIpc) is 3.16. The molecule has 0 radical (unpaired) electrons. The van der Waals surface area contributed by atoms with E-state index in [4.69, 9.17) is 9.84 Å². The zero-order valence-corrected chi connectivity index (χ0v) is 12.0. The molecule has 11 heteroatoms. The van der Waals surface area contributed by atoms with Gasteiger partial charge in [0.2, 0.25) is 11.7 Å². The first-order valence-electron chi connectivity index (χ1n) is 6.85. The summed E-state index contributed by atoms with van der Waals surface area (Å²) in [6.07, 6.45) is -4.25. The summed E-state index contributed by atoms with van der Waals surface area (Å²) in [6.45, 7) is 0.611. The van der Waals surface area contributed by atoms with Crippen LogP contribution >= 0.6 is 0 Å². The molecule has 2 aromatic heterocycles. The SMILES string of the molecule is O=C(O)N1CC[C@@H](Oc2ccc(-c3noc(C(F)(F)F)n3)cn2)C1. The number of pyridine rings is 1. The van der Waals surface area contributed by atoms with E-state index in [2.05, 4.69) is 19.6 Å². The minimum atomic E-state index is -4.71. The molecule has 1 atom stereocenters. The Morgan fingerprint density at radius 3 is 2.75 bits per heavy atom. The predicted molar refractivity (Wildman–Crippen MR) is 71.2 cm³/mol. The third-order valence-corrected chi connectivity index (χ3v) is 3.37. The van der Waals surface area contributed by atoms with E-state index in [1.807, 2.05) is 0 Å². The molecule has 0 aromatic carbocycles. The van der Waals surface area contributed by atoms with Crippen LogP contribution in [0.4, 0.5) is 18.0 Å². The Balaban J connectivity index is 1.66. The molecule has 0 spiro atoms. The fraction of sp³-hybridized carbons (Fsp3) is 0.385. The van der Waals surface area contributed by atoms with Crippen LogP contribution in [-0.4, -0.2) is 50.4 Å². The van der Waals surface area contributed by atoms with E-state index in [9.17, 15) is 18.0 Å². The second-order valence-corrected chi connectivity index (χ2v) is 5.06. The Bertz CT molecular complexity index is 732. The molecular weight excluding hydrogens is 333 g/mol. The van der Waals surface area contributed by atoms with Crippen molar-refractivity contribution in [1.29, 1.82) is 0 Å². The fourth-order valence-corrected chi connectivity index (χ4v) is 2.21. The van der Waals surface area contributed by atoms with Crippen molar-refractivity contribution in [2.75, 3.05) is 13.1 Å². The normalized spacial score (nSPS) is 18.0. The lowest BCUT2D eigenvalue weighted by molar-refractivity contribution is -0.159. The van der Waals surface area contributed by atoms with Gasteiger partial charge in [-0.25, -0.2) is 9.78 Å². The number of alkyl halides is 3. The van der Waals surface area contributed by atoms with Gasteiger partial charge in [-0.05, 0) is 6.07 Å². The van der Waals surface area contributed by atoms with Crippen molar-refractivity contribution in [2.45, 2.75) is 18.7 Å². The van der Waals surface area contributed by atoms with Gasteiger partial charge < -0.3 is 19.3 Å². The highest BCUT2D eigenvalue weighted by atomic mass is 19.4. The molecule has 0 aliphatic carbocycles. The standard InChI is InChI=1S/C13H11F3N4O4/c14-13(15,16)11-18-10(19-24-11)7-1-2-9(17-5-7)23-8-3-4-20(6-8)12(21)22/h1-2,5,8H,3-4,6H2,(H,21,22)/t8-/m1/s1. The molecule has 0 saturated carbocycles. The van der Waals surface area contributed by atoms with Crippen LogP contribution in [0, 0.1) is 0 Å². The number of carbonyl (C=O) groups is 1. The number of hydrogen-bond acceptors (Lipinski definition) is 6. The Hall–Kier alpha value is -2.85. The Morgan fingerprint density at radius 1 is 1.42 bits per heavy atom. The highest BCUT2D eigenvalue weighted by Gasteiger charge is 2.38. The number of likely N-dealkylation sites (tertiary alicyclic amines) is 1. The highest BCUT2D eigenvalue weighted by Crippen LogP contribution is 2.29. The summed E-state index contributed by atoms with van der Waals surface area (Å²) in [4.78, 5) is 19.3. The maximum absolute atomic E-state index is 12.4. The van der Waals surface area contributed by atoms with Gasteiger partial charge in [-0.15, -0.1) is 0 Å². The summed E-state index contributed by atoms with van der Waals surface area (Å²) < 4.78 is 47.0. The molecule has 128 valence electrons. The van der Waals surface area contributed by atoms with E-state index in [0.29, 0.717) is 13.0 Å². The van der Waals surface area contributed by atoms with E-state index in [1.54, 1.807) is 0 Å². The van der Waals surface area contributed by atoms with Gasteiger partial charge in [0.1, 0.15) is 6.10 Å². The lowest BCUT2D eigenvalue weighted by atomic mass is 10.2. The molecule has 1 aliphatic rings. The number of halogens is 3. The molecular formula is C13H11F3N4O4. The van der Waals surface area contributed by atoms with Crippen LogP contribution in [0.15, 0.2) is 22.9 Å². The minimum absolute atomic E-state index is 0.232. The number of amides is 1. The van der Waals surface area contributed by atoms with E-state index in [1.165, 1.54) is 23.2 Å².